The number of carbonyl (C=O) groups is 2. The Kier molecular flexibility index (Phi) is 10.9. The number of nitrogens with one attached hydrogen (secondary N) is 2. The van der Waals surface area contributed by atoms with E-state index in [0.29, 0.717) is 31.5 Å². The summed E-state index contributed by atoms with van der Waals surface area (Å²) in [6, 6.07) is 13.0. The summed E-state index contributed by atoms with van der Waals surface area (Å²) in [5.41, 5.74) is 7.88. The third-order valence-corrected chi connectivity index (χ3v) is 7.26. The molecular weight excluding hydrogens is 478 g/mol. The lowest BCUT2D eigenvalue weighted by Crippen LogP contribution is -2.42. The van der Waals surface area contributed by atoms with E-state index in [2.05, 4.69) is 36.4 Å². The highest BCUT2D eigenvalue weighted by Gasteiger charge is 2.26. The third-order valence-electron chi connectivity index (χ3n) is 7.26. The number of aliphatic hydroxyl groups excluding tert-OH is 1. The smallest absolute Gasteiger partial charge is 0.253 e. The minimum atomic E-state index is -0.796. The maximum absolute atomic E-state index is 13.3. The van der Waals surface area contributed by atoms with E-state index in [9.17, 15) is 14.7 Å². The number of rotatable bonds is 14. The van der Waals surface area contributed by atoms with Crippen molar-refractivity contribution in [2.75, 3.05) is 13.1 Å². The first-order chi connectivity index (χ1) is 18.2. The molecule has 2 heterocycles. The minimum absolute atomic E-state index is 0.0535. The molecule has 1 aromatic carbocycles. The maximum Gasteiger partial charge on any atom is 0.253 e. The Morgan fingerprint density at radius 2 is 1.79 bits per heavy atom. The maximum atomic E-state index is 13.3. The summed E-state index contributed by atoms with van der Waals surface area (Å²) in [6.45, 7) is 9.16. The summed E-state index contributed by atoms with van der Waals surface area (Å²) in [7, 11) is 0. The first-order valence-electron chi connectivity index (χ1n) is 13.7. The van der Waals surface area contributed by atoms with Crippen LogP contribution in [-0.2, 0) is 4.79 Å². The number of benzene rings is 1. The SMILES string of the molecule is CCCCNC(=O)C(C)CC(O)C(N)CC(CNC(=O)c1cn(-c2ccccn2)c2ccccc12)C(C)C. The molecule has 0 aliphatic heterocycles. The predicted octanol–water partition coefficient (Wildman–Crippen LogP) is 4.05. The van der Waals surface area contributed by atoms with Crippen LogP contribution in [-0.4, -0.2) is 51.7 Å². The number of aliphatic hydroxyl groups is 1. The number of carbonyl (C=O) groups excluding carboxylic acids is 2. The molecule has 3 rings (SSSR count). The van der Waals surface area contributed by atoms with Crippen molar-refractivity contribution in [2.24, 2.45) is 23.5 Å². The van der Waals surface area contributed by atoms with Crippen LogP contribution in [0.5, 0.6) is 0 Å². The number of nitrogens with two attached hydrogens (primary N) is 1. The van der Waals surface area contributed by atoms with Crippen LogP contribution in [0.1, 0.15) is 63.7 Å². The van der Waals surface area contributed by atoms with Crippen LogP contribution in [0, 0.1) is 17.8 Å². The average molecular weight is 522 g/mol. The molecule has 8 heteroatoms. The Balaban J connectivity index is 1.62. The summed E-state index contributed by atoms with van der Waals surface area (Å²) in [6.07, 6.45) is 5.56. The number of amides is 2. The van der Waals surface area contributed by atoms with E-state index in [1.807, 2.05) is 60.2 Å². The number of hydrogen-bond donors (Lipinski definition) is 4. The molecule has 0 radical (unpaired) electrons. The fourth-order valence-electron chi connectivity index (χ4n) is 4.67. The molecule has 2 amide bonds. The summed E-state index contributed by atoms with van der Waals surface area (Å²) >= 11 is 0. The molecule has 0 bridgehead atoms. The van der Waals surface area contributed by atoms with Crippen LogP contribution in [0.15, 0.2) is 54.9 Å². The molecule has 0 aliphatic rings. The van der Waals surface area contributed by atoms with Gasteiger partial charge in [-0.2, -0.15) is 0 Å². The van der Waals surface area contributed by atoms with Crippen molar-refractivity contribution in [3.63, 3.8) is 0 Å². The van der Waals surface area contributed by atoms with Gasteiger partial charge < -0.3 is 26.0 Å². The fourth-order valence-corrected chi connectivity index (χ4v) is 4.67. The Morgan fingerprint density at radius 3 is 2.47 bits per heavy atom. The van der Waals surface area contributed by atoms with Gasteiger partial charge in [0.25, 0.3) is 5.91 Å². The average Bonchev–Trinajstić information content (AvgIpc) is 3.31. The van der Waals surface area contributed by atoms with Gasteiger partial charge in [0, 0.05) is 42.8 Å². The molecule has 3 aromatic rings. The lowest BCUT2D eigenvalue weighted by Gasteiger charge is -2.28. The van der Waals surface area contributed by atoms with Crippen molar-refractivity contribution in [3.05, 3.63) is 60.4 Å². The molecule has 206 valence electrons. The van der Waals surface area contributed by atoms with Gasteiger partial charge in [0.05, 0.1) is 17.2 Å². The molecule has 38 heavy (non-hydrogen) atoms. The summed E-state index contributed by atoms with van der Waals surface area (Å²) in [4.78, 5) is 30.0. The Labute approximate surface area is 226 Å². The van der Waals surface area contributed by atoms with Crippen LogP contribution >= 0.6 is 0 Å². The summed E-state index contributed by atoms with van der Waals surface area (Å²) in [5.74, 6) is 0.535. The van der Waals surface area contributed by atoms with Gasteiger partial charge in [-0.15, -0.1) is 0 Å². The highest BCUT2D eigenvalue weighted by atomic mass is 16.3. The van der Waals surface area contributed by atoms with Crippen molar-refractivity contribution in [1.82, 2.24) is 20.2 Å². The molecule has 8 nitrogen and oxygen atoms in total. The van der Waals surface area contributed by atoms with E-state index < -0.39 is 12.1 Å². The highest BCUT2D eigenvalue weighted by molar-refractivity contribution is 6.07. The van der Waals surface area contributed by atoms with E-state index >= 15 is 0 Å². The first-order valence-corrected chi connectivity index (χ1v) is 13.7. The van der Waals surface area contributed by atoms with Crippen LogP contribution < -0.4 is 16.4 Å². The van der Waals surface area contributed by atoms with Crippen molar-refractivity contribution in [2.45, 2.75) is 65.5 Å². The molecular formula is C30H43N5O3. The van der Waals surface area contributed by atoms with Gasteiger partial charge in [-0.1, -0.05) is 58.4 Å². The van der Waals surface area contributed by atoms with Gasteiger partial charge in [0.1, 0.15) is 5.82 Å². The Bertz CT molecular complexity index is 1180. The number of fused-ring (bicyclic) bond motifs is 1. The monoisotopic (exact) mass is 521 g/mol. The molecule has 0 saturated carbocycles. The first kappa shape index (κ1) is 29.3. The highest BCUT2D eigenvalue weighted by Crippen LogP contribution is 2.25. The molecule has 0 saturated heterocycles. The molecule has 2 aromatic heterocycles. The second-order valence-corrected chi connectivity index (χ2v) is 10.6. The van der Waals surface area contributed by atoms with Crippen molar-refractivity contribution in [1.29, 1.82) is 0 Å². The van der Waals surface area contributed by atoms with E-state index in [4.69, 9.17) is 5.73 Å². The number of para-hydroxylation sites is 1. The van der Waals surface area contributed by atoms with Gasteiger partial charge in [-0.05, 0) is 49.3 Å². The van der Waals surface area contributed by atoms with Crippen LogP contribution in [0.4, 0.5) is 0 Å². The van der Waals surface area contributed by atoms with Gasteiger partial charge in [0.2, 0.25) is 5.91 Å². The lowest BCUT2D eigenvalue weighted by molar-refractivity contribution is -0.125. The molecule has 0 spiro atoms. The molecule has 0 aliphatic carbocycles. The van der Waals surface area contributed by atoms with E-state index in [-0.39, 0.29) is 29.6 Å². The standard InChI is InChI=1S/C30H43N5O3/c1-5-6-14-33-29(37)21(4)16-27(36)25(31)17-22(20(2)3)18-34-30(38)24-19-35(28-13-9-10-15-32-28)26-12-8-7-11-23(24)26/h7-13,15,19-22,25,27,36H,5-6,14,16-18,31H2,1-4H3,(H,33,37)(H,34,38). The van der Waals surface area contributed by atoms with Gasteiger partial charge >= 0.3 is 0 Å². The zero-order chi connectivity index (χ0) is 27.7. The topological polar surface area (TPSA) is 122 Å². The predicted molar refractivity (Wildman–Crippen MR) is 152 cm³/mol. The van der Waals surface area contributed by atoms with E-state index in [1.54, 1.807) is 6.20 Å². The van der Waals surface area contributed by atoms with Gasteiger partial charge in [-0.3, -0.25) is 9.59 Å². The third kappa shape index (κ3) is 7.65. The van der Waals surface area contributed by atoms with E-state index in [0.717, 1.165) is 29.6 Å². The molecule has 5 N–H and O–H groups in total. The number of unbranched alkanes of at least 4 members (excludes halogenated alkanes) is 1. The lowest BCUT2D eigenvalue weighted by atomic mass is 9.86. The quantitative estimate of drug-likeness (QED) is 0.239. The second-order valence-electron chi connectivity index (χ2n) is 10.6. The second kappa shape index (κ2) is 14.1. The minimum Gasteiger partial charge on any atom is -0.391 e. The number of pyridine rings is 1. The van der Waals surface area contributed by atoms with Gasteiger partial charge in [0.15, 0.2) is 0 Å². The Hall–Kier alpha value is -3.23. The molecule has 0 fully saturated rings. The fraction of sp³-hybridized carbons (Fsp3) is 0.500. The Morgan fingerprint density at radius 1 is 1.05 bits per heavy atom. The zero-order valence-corrected chi connectivity index (χ0v) is 23.1. The van der Waals surface area contributed by atoms with Gasteiger partial charge in [-0.25, -0.2) is 4.98 Å². The van der Waals surface area contributed by atoms with E-state index in [1.165, 1.54) is 0 Å². The van der Waals surface area contributed by atoms with Crippen LogP contribution in [0.3, 0.4) is 0 Å². The van der Waals surface area contributed by atoms with Crippen molar-refractivity contribution >= 4 is 22.7 Å². The van der Waals surface area contributed by atoms with Crippen molar-refractivity contribution in [3.8, 4) is 5.82 Å². The van der Waals surface area contributed by atoms with Crippen molar-refractivity contribution < 1.29 is 14.7 Å². The van der Waals surface area contributed by atoms with Crippen LogP contribution in [0.2, 0.25) is 0 Å². The number of hydrogen-bond acceptors (Lipinski definition) is 5. The largest absolute Gasteiger partial charge is 0.391 e. The summed E-state index contributed by atoms with van der Waals surface area (Å²) in [5, 5.41) is 17.6. The summed E-state index contributed by atoms with van der Waals surface area (Å²) < 4.78 is 1.93. The normalized spacial score (nSPS) is 14.7. The number of nitrogens with zero attached hydrogens (tertiary/aromatic N) is 2. The molecule has 4 unspecified atom stereocenters. The molecule has 4 atom stereocenters. The van der Waals surface area contributed by atoms with Crippen LogP contribution in [0.25, 0.3) is 16.7 Å². The number of aromatic nitrogens is 2. The zero-order valence-electron chi connectivity index (χ0n) is 23.1.